The van der Waals surface area contributed by atoms with Gasteiger partial charge in [-0.1, -0.05) is 6.92 Å². The van der Waals surface area contributed by atoms with Crippen molar-refractivity contribution in [3.63, 3.8) is 0 Å². The van der Waals surface area contributed by atoms with Gasteiger partial charge in [0.25, 0.3) is 0 Å². The number of hydrogen-bond donors (Lipinski definition) is 1. The summed E-state index contributed by atoms with van der Waals surface area (Å²) in [5.74, 6) is 0.995. The highest BCUT2D eigenvalue weighted by Gasteiger charge is 2.32. The molecule has 19 heavy (non-hydrogen) atoms. The summed E-state index contributed by atoms with van der Waals surface area (Å²) in [7, 11) is -2.96. The number of tetrazole rings is 1. The second kappa shape index (κ2) is 5.96. The fourth-order valence-corrected chi connectivity index (χ4v) is 4.16. The molecule has 1 aromatic rings. The molecule has 0 aliphatic carbocycles. The Kier molecular flexibility index (Phi) is 4.51. The van der Waals surface area contributed by atoms with Crippen LogP contribution in [0.1, 0.15) is 45.0 Å². The lowest BCUT2D eigenvalue weighted by molar-refractivity contribution is 0.471. The van der Waals surface area contributed by atoms with Crippen molar-refractivity contribution in [2.24, 2.45) is 0 Å². The molecule has 2 atom stereocenters. The smallest absolute Gasteiger partial charge is 0.167 e. The van der Waals surface area contributed by atoms with E-state index in [2.05, 4.69) is 27.8 Å². The predicted octanol–water partition coefficient (Wildman–Crippen LogP) is 0.311. The van der Waals surface area contributed by atoms with Crippen LogP contribution in [-0.4, -0.2) is 46.2 Å². The van der Waals surface area contributed by atoms with Crippen LogP contribution in [0, 0.1) is 0 Å². The molecular formula is C11H21N5O2S. The van der Waals surface area contributed by atoms with Crippen LogP contribution in [0.5, 0.6) is 0 Å². The van der Waals surface area contributed by atoms with Crippen LogP contribution in [0.2, 0.25) is 0 Å². The summed E-state index contributed by atoms with van der Waals surface area (Å²) in [6, 6.07) is 0.0269. The van der Waals surface area contributed by atoms with Gasteiger partial charge in [-0.3, -0.25) is 0 Å². The van der Waals surface area contributed by atoms with E-state index < -0.39 is 9.84 Å². The van der Waals surface area contributed by atoms with Gasteiger partial charge in [0.1, 0.15) is 0 Å². The fraction of sp³-hybridized carbons (Fsp3) is 0.909. The van der Waals surface area contributed by atoms with Gasteiger partial charge in [0.15, 0.2) is 15.7 Å². The lowest BCUT2D eigenvalue weighted by Gasteiger charge is -2.15. The van der Waals surface area contributed by atoms with Crippen LogP contribution in [-0.2, 0) is 16.4 Å². The van der Waals surface area contributed by atoms with E-state index >= 15 is 0 Å². The minimum Gasteiger partial charge on any atom is -0.307 e. The first kappa shape index (κ1) is 14.4. The molecule has 1 fully saturated rings. The largest absolute Gasteiger partial charge is 0.307 e. The molecule has 1 aliphatic heterocycles. The molecule has 7 nitrogen and oxygen atoms in total. The van der Waals surface area contributed by atoms with Crippen LogP contribution < -0.4 is 5.32 Å². The van der Waals surface area contributed by atoms with E-state index in [0.29, 0.717) is 24.5 Å². The van der Waals surface area contributed by atoms with E-state index in [0.717, 1.165) is 19.4 Å². The highest BCUT2D eigenvalue weighted by atomic mass is 32.2. The van der Waals surface area contributed by atoms with Crippen molar-refractivity contribution in [3.8, 4) is 0 Å². The van der Waals surface area contributed by atoms with E-state index in [-0.39, 0.29) is 11.3 Å². The molecule has 0 amide bonds. The van der Waals surface area contributed by atoms with E-state index in [9.17, 15) is 8.42 Å². The van der Waals surface area contributed by atoms with Crippen molar-refractivity contribution in [2.75, 3.05) is 12.3 Å². The Balaban J connectivity index is 2.07. The molecule has 2 unspecified atom stereocenters. The zero-order valence-corrected chi connectivity index (χ0v) is 12.2. The Bertz CT molecular complexity index is 513. The first-order valence-corrected chi connectivity index (χ1v) is 8.47. The van der Waals surface area contributed by atoms with E-state index in [1.165, 1.54) is 0 Å². The number of aromatic nitrogens is 4. The van der Waals surface area contributed by atoms with E-state index in [1.54, 1.807) is 4.68 Å². The molecule has 1 aliphatic rings. The minimum atomic E-state index is -2.96. The SMILES string of the molecule is CCCNC(C)c1nnnn1CC1CCCS1(=O)=O. The highest BCUT2D eigenvalue weighted by Crippen LogP contribution is 2.22. The third kappa shape index (κ3) is 3.30. The van der Waals surface area contributed by atoms with E-state index in [4.69, 9.17) is 0 Å². The van der Waals surface area contributed by atoms with Crippen LogP contribution in [0.15, 0.2) is 0 Å². The van der Waals surface area contributed by atoms with Crippen molar-refractivity contribution >= 4 is 9.84 Å². The van der Waals surface area contributed by atoms with E-state index in [1.807, 2.05) is 6.92 Å². The minimum absolute atomic E-state index is 0.0269. The average molecular weight is 287 g/mol. The summed E-state index contributed by atoms with van der Waals surface area (Å²) in [6.45, 7) is 5.33. The van der Waals surface area contributed by atoms with Gasteiger partial charge in [0.2, 0.25) is 0 Å². The van der Waals surface area contributed by atoms with Crippen molar-refractivity contribution < 1.29 is 8.42 Å². The highest BCUT2D eigenvalue weighted by molar-refractivity contribution is 7.92. The van der Waals surface area contributed by atoms with Crippen molar-refractivity contribution in [3.05, 3.63) is 5.82 Å². The first-order chi connectivity index (χ1) is 9.04. The van der Waals surface area contributed by atoms with Crippen molar-refractivity contribution in [1.82, 2.24) is 25.5 Å². The quantitative estimate of drug-likeness (QED) is 0.810. The molecule has 1 aromatic heterocycles. The number of sulfone groups is 1. The van der Waals surface area contributed by atoms with Gasteiger partial charge < -0.3 is 5.32 Å². The number of nitrogens with one attached hydrogen (secondary N) is 1. The van der Waals surface area contributed by atoms with Crippen molar-refractivity contribution in [1.29, 1.82) is 0 Å². The Hall–Kier alpha value is -1.02. The fourth-order valence-electron chi connectivity index (χ4n) is 2.36. The topological polar surface area (TPSA) is 89.8 Å². The summed E-state index contributed by atoms with van der Waals surface area (Å²) in [6.07, 6.45) is 2.48. The second-order valence-electron chi connectivity index (χ2n) is 5.03. The summed E-state index contributed by atoms with van der Waals surface area (Å²) < 4.78 is 25.3. The Morgan fingerprint density at radius 3 is 2.95 bits per heavy atom. The molecule has 108 valence electrons. The van der Waals surface area contributed by atoms with Gasteiger partial charge in [0, 0.05) is 0 Å². The number of rotatable bonds is 6. The van der Waals surface area contributed by atoms with Gasteiger partial charge in [-0.2, -0.15) is 0 Å². The molecule has 0 spiro atoms. The van der Waals surface area contributed by atoms with Gasteiger partial charge in [-0.05, 0) is 43.2 Å². The molecule has 0 bridgehead atoms. The molecule has 1 N–H and O–H groups in total. The normalized spacial score (nSPS) is 23.6. The molecule has 1 saturated heterocycles. The van der Waals surface area contributed by atoms with Crippen LogP contribution >= 0.6 is 0 Å². The summed E-state index contributed by atoms with van der Waals surface area (Å²) >= 11 is 0. The van der Waals surface area contributed by atoms with Crippen molar-refractivity contribution in [2.45, 2.75) is 50.9 Å². The summed E-state index contributed by atoms with van der Waals surface area (Å²) in [5.41, 5.74) is 0. The molecule has 2 rings (SSSR count). The first-order valence-electron chi connectivity index (χ1n) is 6.75. The molecular weight excluding hydrogens is 266 g/mol. The zero-order chi connectivity index (χ0) is 13.9. The van der Waals surface area contributed by atoms with Crippen LogP contribution in [0.25, 0.3) is 0 Å². The van der Waals surface area contributed by atoms with Gasteiger partial charge >= 0.3 is 0 Å². The van der Waals surface area contributed by atoms with Gasteiger partial charge in [-0.25, -0.2) is 13.1 Å². The predicted molar refractivity (Wildman–Crippen MR) is 71.3 cm³/mol. The maximum Gasteiger partial charge on any atom is 0.167 e. The standard InChI is InChI=1S/C11H21N5O2S/c1-3-6-12-9(2)11-13-14-15-16(11)8-10-5-4-7-19(10,17)18/h9-10,12H,3-8H2,1-2H3. The molecule has 0 aromatic carbocycles. The molecule has 8 heteroatoms. The summed E-state index contributed by atoms with van der Waals surface area (Å²) in [5, 5.41) is 14.6. The lowest BCUT2D eigenvalue weighted by atomic mass is 10.2. The van der Waals surface area contributed by atoms with Crippen LogP contribution in [0.3, 0.4) is 0 Å². The third-order valence-electron chi connectivity index (χ3n) is 3.49. The van der Waals surface area contributed by atoms with Gasteiger partial charge in [-0.15, -0.1) is 5.10 Å². The Morgan fingerprint density at radius 1 is 1.53 bits per heavy atom. The number of nitrogens with zero attached hydrogens (tertiary/aromatic N) is 4. The summed E-state index contributed by atoms with van der Waals surface area (Å²) in [4.78, 5) is 0. The maximum absolute atomic E-state index is 11.8. The lowest BCUT2D eigenvalue weighted by Crippen LogP contribution is -2.28. The third-order valence-corrected chi connectivity index (χ3v) is 5.75. The second-order valence-corrected chi connectivity index (χ2v) is 7.43. The zero-order valence-electron chi connectivity index (χ0n) is 11.4. The molecule has 2 heterocycles. The molecule has 0 radical (unpaired) electrons. The average Bonchev–Trinajstić information content (AvgIpc) is 2.94. The Labute approximate surface area is 113 Å². The van der Waals surface area contributed by atoms with Crippen LogP contribution in [0.4, 0.5) is 0 Å². The monoisotopic (exact) mass is 287 g/mol. The molecule has 0 saturated carbocycles. The number of hydrogen-bond acceptors (Lipinski definition) is 6. The Morgan fingerprint density at radius 2 is 2.32 bits per heavy atom. The van der Waals surface area contributed by atoms with Gasteiger partial charge in [0.05, 0.1) is 23.6 Å². The maximum atomic E-state index is 11.8.